The Bertz CT molecular complexity index is 488. The standard InChI is InChI=1S/C15H21FN2O3/c1-11(2)21-13-9-12(3-6-17-13)14(19)18-15(10-16)4-7-20-8-5-15/h3,6,9,11H,4-5,7-8,10H2,1-2H3,(H,18,19). The Morgan fingerprint density at radius 1 is 1.52 bits per heavy atom. The highest BCUT2D eigenvalue weighted by atomic mass is 19.1. The van der Waals surface area contributed by atoms with Crippen molar-refractivity contribution >= 4 is 5.91 Å². The summed E-state index contributed by atoms with van der Waals surface area (Å²) in [4.78, 5) is 16.4. The van der Waals surface area contributed by atoms with Gasteiger partial charge in [-0.3, -0.25) is 4.79 Å². The van der Waals surface area contributed by atoms with Crippen LogP contribution >= 0.6 is 0 Å². The molecule has 0 spiro atoms. The molecule has 1 aliphatic heterocycles. The number of amides is 1. The predicted molar refractivity (Wildman–Crippen MR) is 76.2 cm³/mol. The van der Waals surface area contributed by atoms with Crippen molar-refractivity contribution in [2.75, 3.05) is 19.9 Å². The van der Waals surface area contributed by atoms with Gasteiger partial charge < -0.3 is 14.8 Å². The lowest BCUT2D eigenvalue weighted by Gasteiger charge is -2.35. The van der Waals surface area contributed by atoms with Crippen LogP contribution in [0.5, 0.6) is 5.88 Å². The van der Waals surface area contributed by atoms with Crippen molar-refractivity contribution in [2.24, 2.45) is 0 Å². The van der Waals surface area contributed by atoms with Crippen molar-refractivity contribution in [2.45, 2.75) is 38.3 Å². The number of hydrogen-bond donors (Lipinski definition) is 1. The molecule has 5 nitrogen and oxygen atoms in total. The molecule has 1 saturated heterocycles. The Morgan fingerprint density at radius 3 is 2.86 bits per heavy atom. The van der Waals surface area contributed by atoms with Crippen LogP contribution in [-0.4, -0.2) is 42.4 Å². The number of hydrogen-bond acceptors (Lipinski definition) is 4. The maximum Gasteiger partial charge on any atom is 0.252 e. The van der Waals surface area contributed by atoms with Gasteiger partial charge in [0.1, 0.15) is 6.67 Å². The minimum atomic E-state index is -0.822. The summed E-state index contributed by atoms with van der Waals surface area (Å²) in [5.74, 6) is 0.0736. The number of alkyl halides is 1. The molecule has 21 heavy (non-hydrogen) atoms. The van der Waals surface area contributed by atoms with Gasteiger partial charge >= 0.3 is 0 Å². The number of nitrogens with zero attached hydrogens (tertiary/aromatic N) is 1. The normalized spacial score (nSPS) is 17.5. The predicted octanol–water partition coefficient (Wildman–Crippen LogP) is 2.12. The molecule has 0 unspecified atom stereocenters. The molecule has 1 aliphatic rings. The van der Waals surface area contributed by atoms with E-state index in [1.54, 1.807) is 12.1 Å². The van der Waals surface area contributed by atoms with Crippen LogP contribution in [-0.2, 0) is 4.74 Å². The second-order valence-corrected chi connectivity index (χ2v) is 5.53. The van der Waals surface area contributed by atoms with E-state index in [-0.39, 0.29) is 12.0 Å². The van der Waals surface area contributed by atoms with E-state index in [4.69, 9.17) is 9.47 Å². The second-order valence-electron chi connectivity index (χ2n) is 5.53. The van der Waals surface area contributed by atoms with Crippen LogP contribution in [0, 0.1) is 0 Å². The molecule has 1 aromatic heterocycles. The van der Waals surface area contributed by atoms with E-state index in [0.717, 1.165) is 0 Å². The van der Waals surface area contributed by atoms with Gasteiger partial charge in [-0.1, -0.05) is 0 Å². The molecule has 116 valence electrons. The van der Waals surface area contributed by atoms with E-state index in [2.05, 4.69) is 10.3 Å². The first-order chi connectivity index (χ1) is 10.0. The second kappa shape index (κ2) is 6.85. The number of pyridine rings is 1. The smallest absolute Gasteiger partial charge is 0.252 e. The number of carbonyl (C=O) groups excluding carboxylic acids is 1. The third-order valence-corrected chi connectivity index (χ3v) is 3.44. The number of aromatic nitrogens is 1. The molecule has 2 heterocycles. The summed E-state index contributed by atoms with van der Waals surface area (Å²) in [6, 6.07) is 3.16. The Labute approximate surface area is 123 Å². The van der Waals surface area contributed by atoms with Gasteiger partial charge in [0, 0.05) is 31.0 Å². The highest BCUT2D eigenvalue weighted by Crippen LogP contribution is 2.22. The molecule has 1 amide bonds. The van der Waals surface area contributed by atoms with Crippen LogP contribution in [0.1, 0.15) is 37.0 Å². The minimum Gasteiger partial charge on any atom is -0.475 e. The molecular weight excluding hydrogens is 275 g/mol. The van der Waals surface area contributed by atoms with Crippen LogP contribution in [0.15, 0.2) is 18.3 Å². The molecule has 2 rings (SSSR count). The summed E-state index contributed by atoms with van der Waals surface area (Å²) in [6.45, 7) is 4.09. The van der Waals surface area contributed by atoms with Gasteiger partial charge in [-0.2, -0.15) is 0 Å². The zero-order valence-corrected chi connectivity index (χ0v) is 12.4. The van der Waals surface area contributed by atoms with Crippen molar-refractivity contribution in [3.05, 3.63) is 23.9 Å². The zero-order valence-electron chi connectivity index (χ0n) is 12.4. The molecular formula is C15H21FN2O3. The largest absolute Gasteiger partial charge is 0.475 e. The maximum atomic E-state index is 13.4. The first-order valence-electron chi connectivity index (χ1n) is 7.14. The number of nitrogens with one attached hydrogen (secondary N) is 1. The zero-order chi connectivity index (χ0) is 15.3. The summed E-state index contributed by atoms with van der Waals surface area (Å²) < 4.78 is 24.0. The van der Waals surface area contributed by atoms with Gasteiger partial charge in [-0.15, -0.1) is 0 Å². The van der Waals surface area contributed by atoms with Crippen LogP contribution in [0.2, 0.25) is 0 Å². The molecule has 0 aromatic carbocycles. The highest BCUT2D eigenvalue weighted by molar-refractivity contribution is 5.94. The summed E-state index contributed by atoms with van der Waals surface area (Å²) >= 11 is 0. The molecule has 0 atom stereocenters. The molecule has 1 fully saturated rings. The Kier molecular flexibility index (Phi) is 5.12. The minimum absolute atomic E-state index is 0.0245. The number of carbonyl (C=O) groups is 1. The van der Waals surface area contributed by atoms with Gasteiger partial charge in [0.2, 0.25) is 5.88 Å². The van der Waals surface area contributed by atoms with E-state index >= 15 is 0 Å². The van der Waals surface area contributed by atoms with Gasteiger partial charge in [0.05, 0.1) is 11.6 Å². The van der Waals surface area contributed by atoms with Crippen molar-refractivity contribution < 1.29 is 18.7 Å². The monoisotopic (exact) mass is 296 g/mol. The topological polar surface area (TPSA) is 60.5 Å². The first kappa shape index (κ1) is 15.7. The van der Waals surface area contributed by atoms with E-state index in [9.17, 15) is 9.18 Å². The molecule has 0 bridgehead atoms. The molecule has 0 radical (unpaired) electrons. The fraction of sp³-hybridized carbons (Fsp3) is 0.600. The molecule has 6 heteroatoms. The molecule has 0 aliphatic carbocycles. The summed E-state index contributed by atoms with van der Waals surface area (Å²) in [5.41, 5.74) is -0.405. The first-order valence-corrected chi connectivity index (χ1v) is 7.14. The lowest BCUT2D eigenvalue weighted by atomic mass is 9.91. The van der Waals surface area contributed by atoms with Crippen molar-refractivity contribution in [1.82, 2.24) is 10.3 Å². The van der Waals surface area contributed by atoms with E-state index in [0.29, 0.717) is 37.5 Å². The lowest BCUT2D eigenvalue weighted by molar-refractivity contribution is 0.0265. The third kappa shape index (κ3) is 4.14. The molecule has 0 saturated carbocycles. The average Bonchev–Trinajstić information content (AvgIpc) is 2.48. The van der Waals surface area contributed by atoms with E-state index in [1.165, 1.54) is 6.20 Å². The fourth-order valence-corrected chi connectivity index (χ4v) is 2.22. The maximum absolute atomic E-state index is 13.4. The van der Waals surface area contributed by atoms with Gasteiger partial charge in [-0.25, -0.2) is 9.37 Å². The summed E-state index contributed by atoms with van der Waals surface area (Å²) in [7, 11) is 0. The highest BCUT2D eigenvalue weighted by Gasteiger charge is 2.34. The van der Waals surface area contributed by atoms with Crippen LogP contribution < -0.4 is 10.1 Å². The van der Waals surface area contributed by atoms with Gasteiger partial charge in [0.15, 0.2) is 0 Å². The summed E-state index contributed by atoms with van der Waals surface area (Å²) in [6.07, 6.45) is 2.45. The quantitative estimate of drug-likeness (QED) is 0.904. The van der Waals surface area contributed by atoms with Crippen molar-refractivity contribution in [3.8, 4) is 5.88 Å². The van der Waals surface area contributed by atoms with E-state index in [1.807, 2.05) is 13.8 Å². The average molecular weight is 296 g/mol. The van der Waals surface area contributed by atoms with Crippen molar-refractivity contribution in [1.29, 1.82) is 0 Å². The lowest BCUT2D eigenvalue weighted by Crippen LogP contribution is -2.53. The number of halogens is 1. The van der Waals surface area contributed by atoms with Crippen LogP contribution in [0.4, 0.5) is 4.39 Å². The van der Waals surface area contributed by atoms with Crippen LogP contribution in [0.25, 0.3) is 0 Å². The number of ether oxygens (including phenoxy) is 2. The van der Waals surface area contributed by atoms with Gasteiger partial charge in [-0.05, 0) is 32.8 Å². The van der Waals surface area contributed by atoms with Gasteiger partial charge in [0.25, 0.3) is 5.91 Å². The Hall–Kier alpha value is -1.69. The molecule has 1 aromatic rings. The summed E-state index contributed by atoms with van der Waals surface area (Å²) in [5, 5.41) is 2.80. The SMILES string of the molecule is CC(C)Oc1cc(C(=O)NC2(CF)CCOCC2)ccn1. The van der Waals surface area contributed by atoms with Crippen LogP contribution in [0.3, 0.4) is 0 Å². The van der Waals surface area contributed by atoms with Crippen molar-refractivity contribution in [3.63, 3.8) is 0 Å². The fourth-order valence-electron chi connectivity index (χ4n) is 2.22. The van der Waals surface area contributed by atoms with E-state index < -0.39 is 12.2 Å². The molecule has 1 N–H and O–H groups in total. The third-order valence-electron chi connectivity index (χ3n) is 3.44. The Balaban J connectivity index is 2.08. The number of rotatable bonds is 5. The Morgan fingerprint density at radius 2 is 2.24 bits per heavy atom.